The van der Waals surface area contributed by atoms with Gasteiger partial charge in [-0.1, -0.05) is 0 Å². The summed E-state index contributed by atoms with van der Waals surface area (Å²) in [7, 11) is 0. The molecule has 0 unspecified atom stereocenters. The number of anilines is 1. The van der Waals surface area contributed by atoms with E-state index in [1.165, 1.54) is 12.5 Å². The van der Waals surface area contributed by atoms with E-state index in [0.717, 1.165) is 18.8 Å². The number of benzene rings is 1. The van der Waals surface area contributed by atoms with Crippen LogP contribution in [0.25, 0.3) is 0 Å². The number of H-pyrrole nitrogens is 1. The van der Waals surface area contributed by atoms with E-state index in [-0.39, 0.29) is 11.6 Å². The van der Waals surface area contributed by atoms with E-state index < -0.39 is 5.91 Å². The average molecular weight is 302 g/mol. The maximum absolute atomic E-state index is 11.6. The van der Waals surface area contributed by atoms with Crippen LogP contribution in [-0.4, -0.2) is 45.5 Å². The second-order valence-electron chi connectivity index (χ2n) is 4.45. The molecule has 2 rings (SSSR count). The minimum absolute atomic E-state index is 0.0678. The first-order chi connectivity index (χ1) is 10.7. The van der Waals surface area contributed by atoms with E-state index in [1.807, 2.05) is 6.07 Å². The zero-order chi connectivity index (χ0) is 15.9. The Morgan fingerprint density at radius 1 is 1.45 bits per heavy atom. The van der Waals surface area contributed by atoms with E-state index in [9.17, 15) is 9.90 Å². The summed E-state index contributed by atoms with van der Waals surface area (Å²) in [5.74, 6) is -0.340. The molecular formula is C14H18N6O2. The highest BCUT2D eigenvalue weighted by molar-refractivity contribution is 5.91. The molecule has 0 radical (unpaired) electrons. The van der Waals surface area contributed by atoms with Gasteiger partial charge in [0.15, 0.2) is 0 Å². The minimum atomic E-state index is -0.506. The molecule has 1 aromatic heterocycles. The van der Waals surface area contributed by atoms with Crippen molar-refractivity contribution in [2.45, 2.75) is 13.8 Å². The number of nitrogens with zero attached hydrogens (tertiary/aromatic N) is 4. The molecular weight excluding hydrogens is 284 g/mol. The summed E-state index contributed by atoms with van der Waals surface area (Å²) in [4.78, 5) is 17.4. The van der Waals surface area contributed by atoms with Crippen molar-refractivity contribution in [1.29, 1.82) is 0 Å². The van der Waals surface area contributed by atoms with Crippen LogP contribution in [0, 0.1) is 0 Å². The van der Waals surface area contributed by atoms with Crippen molar-refractivity contribution in [1.82, 2.24) is 20.6 Å². The standard InChI is InChI=1S/C14H18N6O2/c1-3-20(4-2)11-6-5-10(12(21)7-11)8-16-19-14(22)13-15-9-17-18-13/h5-9,21H,3-4H2,1-2H3,(H,19,22)(H,15,17,18). The van der Waals surface area contributed by atoms with Crippen LogP contribution in [0.2, 0.25) is 0 Å². The lowest BCUT2D eigenvalue weighted by molar-refractivity contribution is 0.0945. The van der Waals surface area contributed by atoms with E-state index in [4.69, 9.17) is 0 Å². The fourth-order valence-corrected chi connectivity index (χ4v) is 1.95. The van der Waals surface area contributed by atoms with E-state index in [2.05, 4.69) is 44.5 Å². The largest absolute Gasteiger partial charge is 0.507 e. The number of nitrogens with one attached hydrogen (secondary N) is 2. The second-order valence-corrected chi connectivity index (χ2v) is 4.45. The van der Waals surface area contributed by atoms with Crippen LogP contribution in [0.4, 0.5) is 5.69 Å². The molecule has 0 bridgehead atoms. The fourth-order valence-electron chi connectivity index (χ4n) is 1.95. The van der Waals surface area contributed by atoms with Gasteiger partial charge < -0.3 is 10.0 Å². The first-order valence-electron chi connectivity index (χ1n) is 6.92. The summed E-state index contributed by atoms with van der Waals surface area (Å²) < 4.78 is 0. The highest BCUT2D eigenvalue weighted by Gasteiger charge is 2.07. The molecule has 0 fully saturated rings. The summed E-state index contributed by atoms with van der Waals surface area (Å²) in [6.07, 6.45) is 2.60. The molecule has 1 aromatic carbocycles. The van der Waals surface area contributed by atoms with Gasteiger partial charge in [0.05, 0.1) is 6.21 Å². The number of phenolic OH excluding ortho intramolecular Hbond substituents is 1. The molecule has 0 saturated heterocycles. The Labute approximate surface area is 127 Å². The van der Waals surface area contributed by atoms with Gasteiger partial charge in [0, 0.05) is 30.4 Å². The van der Waals surface area contributed by atoms with E-state index >= 15 is 0 Å². The number of aromatic amines is 1. The number of hydrazone groups is 1. The summed E-state index contributed by atoms with van der Waals surface area (Å²) in [6, 6.07) is 5.31. The molecule has 0 aliphatic heterocycles. The van der Waals surface area contributed by atoms with Crippen molar-refractivity contribution < 1.29 is 9.90 Å². The SMILES string of the molecule is CCN(CC)c1ccc(C=NNC(=O)c2ncn[nH]2)c(O)c1. The Hall–Kier alpha value is -2.90. The predicted molar refractivity (Wildman–Crippen MR) is 83.1 cm³/mol. The quantitative estimate of drug-likeness (QED) is 0.547. The number of hydrogen-bond acceptors (Lipinski definition) is 6. The zero-order valence-electron chi connectivity index (χ0n) is 12.4. The van der Waals surface area contributed by atoms with Gasteiger partial charge >= 0.3 is 5.91 Å². The molecule has 1 heterocycles. The lowest BCUT2D eigenvalue weighted by Gasteiger charge is -2.21. The topological polar surface area (TPSA) is 107 Å². The molecule has 2 aromatic rings. The number of rotatable bonds is 6. The third-order valence-electron chi connectivity index (χ3n) is 3.14. The Bertz CT molecular complexity index is 649. The molecule has 22 heavy (non-hydrogen) atoms. The summed E-state index contributed by atoms with van der Waals surface area (Å²) in [5.41, 5.74) is 3.74. The molecule has 3 N–H and O–H groups in total. The second kappa shape index (κ2) is 7.21. The number of phenols is 1. The number of aromatic nitrogens is 3. The first kappa shape index (κ1) is 15.5. The third kappa shape index (κ3) is 3.60. The number of carbonyl (C=O) groups excluding carboxylic acids is 1. The van der Waals surface area contributed by atoms with Gasteiger partial charge in [0.1, 0.15) is 12.1 Å². The predicted octanol–water partition coefficient (Wildman–Crippen LogP) is 1.12. The lowest BCUT2D eigenvalue weighted by Crippen LogP contribution is -2.21. The molecule has 0 aliphatic rings. The number of aromatic hydroxyl groups is 1. The van der Waals surface area contributed by atoms with Gasteiger partial charge in [-0.15, -0.1) is 0 Å². The zero-order valence-corrected chi connectivity index (χ0v) is 12.4. The highest BCUT2D eigenvalue weighted by atomic mass is 16.3. The summed E-state index contributed by atoms with van der Waals surface area (Å²) >= 11 is 0. The summed E-state index contributed by atoms with van der Waals surface area (Å²) in [5, 5.41) is 19.8. The number of carbonyl (C=O) groups is 1. The molecule has 0 spiro atoms. The Kier molecular flexibility index (Phi) is 5.07. The van der Waals surface area contributed by atoms with Gasteiger partial charge in [-0.3, -0.25) is 9.89 Å². The van der Waals surface area contributed by atoms with Crippen LogP contribution in [0.15, 0.2) is 29.6 Å². The Morgan fingerprint density at radius 2 is 2.23 bits per heavy atom. The van der Waals surface area contributed by atoms with E-state index in [0.29, 0.717) is 5.56 Å². The number of amides is 1. The highest BCUT2D eigenvalue weighted by Crippen LogP contribution is 2.23. The fraction of sp³-hybridized carbons (Fsp3) is 0.286. The van der Waals surface area contributed by atoms with Gasteiger partial charge in [0.2, 0.25) is 5.82 Å². The Balaban J connectivity index is 2.04. The van der Waals surface area contributed by atoms with Crippen LogP contribution in [-0.2, 0) is 0 Å². The van der Waals surface area contributed by atoms with Crippen LogP contribution >= 0.6 is 0 Å². The molecule has 8 nitrogen and oxygen atoms in total. The lowest BCUT2D eigenvalue weighted by atomic mass is 10.2. The monoisotopic (exact) mass is 302 g/mol. The first-order valence-corrected chi connectivity index (χ1v) is 6.92. The normalized spacial score (nSPS) is 10.8. The van der Waals surface area contributed by atoms with Crippen molar-refractivity contribution in [2.75, 3.05) is 18.0 Å². The maximum atomic E-state index is 11.6. The smallest absolute Gasteiger partial charge is 0.308 e. The third-order valence-corrected chi connectivity index (χ3v) is 3.14. The van der Waals surface area contributed by atoms with Crippen LogP contribution in [0.1, 0.15) is 30.0 Å². The van der Waals surface area contributed by atoms with Crippen molar-refractivity contribution in [2.24, 2.45) is 5.10 Å². The molecule has 116 valence electrons. The van der Waals surface area contributed by atoms with Crippen molar-refractivity contribution in [3.63, 3.8) is 0 Å². The van der Waals surface area contributed by atoms with Gasteiger partial charge in [-0.2, -0.15) is 10.2 Å². The summed E-state index contributed by atoms with van der Waals surface area (Å²) in [6.45, 7) is 5.82. The minimum Gasteiger partial charge on any atom is -0.507 e. The van der Waals surface area contributed by atoms with E-state index in [1.54, 1.807) is 12.1 Å². The molecule has 0 aliphatic carbocycles. The van der Waals surface area contributed by atoms with Gasteiger partial charge in [0.25, 0.3) is 0 Å². The van der Waals surface area contributed by atoms with Crippen LogP contribution in [0.3, 0.4) is 0 Å². The van der Waals surface area contributed by atoms with Crippen molar-refractivity contribution >= 4 is 17.8 Å². The van der Waals surface area contributed by atoms with Crippen molar-refractivity contribution in [3.05, 3.63) is 35.9 Å². The van der Waals surface area contributed by atoms with Gasteiger partial charge in [-0.25, -0.2) is 10.4 Å². The van der Waals surface area contributed by atoms with Crippen LogP contribution < -0.4 is 10.3 Å². The van der Waals surface area contributed by atoms with Crippen LogP contribution in [0.5, 0.6) is 5.75 Å². The molecule has 1 amide bonds. The Morgan fingerprint density at radius 3 is 2.82 bits per heavy atom. The average Bonchev–Trinajstić information content (AvgIpc) is 3.05. The van der Waals surface area contributed by atoms with Crippen molar-refractivity contribution in [3.8, 4) is 5.75 Å². The van der Waals surface area contributed by atoms with Gasteiger partial charge in [-0.05, 0) is 26.0 Å². The maximum Gasteiger partial charge on any atom is 0.308 e. The molecule has 0 atom stereocenters. The number of hydrogen-bond donors (Lipinski definition) is 3. The molecule has 0 saturated carbocycles. The molecule has 8 heteroatoms.